The quantitative estimate of drug-likeness (QED) is 0.753. The number of amides is 1. The minimum atomic E-state index is -0.732. The predicted molar refractivity (Wildman–Crippen MR) is 89.8 cm³/mol. The Morgan fingerprint density at radius 2 is 1.88 bits per heavy atom. The molecule has 1 amide bonds. The monoisotopic (exact) mass is 322 g/mol. The van der Waals surface area contributed by atoms with Gasteiger partial charge in [0, 0.05) is 12.1 Å². The van der Waals surface area contributed by atoms with E-state index in [1.165, 1.54) is 0 Å². The second-order valence-corrected chi connectivity index (χ2v) is 5.53. The van der Waals surface area contributed by atoms with E-state index in [2.05, 4.69) is 15.6 Å². The summed E-state index contributed by atoms with van der Waals surface area (Å²) in [6, 6.07) is 14.6. The fourth-order valence-corrected chi connectivity index (χ4v) is 2.31. The predicted octanol–water partition coefficient (Wildman–Crippen LogP) is 2.04. The highest BCUT2D eigenvalue weighted by Crippen LogP contribution is 2.13. The Kier molecular flexibility index (Phi) is 4.67. The molecule has 6 nitrogen and oxygen atoms in total. The number of nitrogens with zero attached hydrogens (tertiary/aromatic N) is 3. The van der Waals surface area contributed by atoms with E-state index >= 15 is 0 Å². The summed E-state index contributed by atoms with van der Waals surface area (Å²) in [6.45, 7) is 2.15. The van der Waals surface area contributed by atoms with Crippen molar-refractivity contribution in [1.29, 1.82) is 0 Å². The molecule has 122 valence electrons. The Bertz CT molecular complexity index is 796. The van der Waals surface area contributed by atoms with Crippen LogP contribution in [0.5, 0.6) is 0 Å². The number of hydrogen-bond acceptors (Lipinski definition) is 4. The molecular weight excluding hydrogens is 304 g/mol. The van der Waals surface area contributed by atoms with Gasteiger partial charge in [-0.3, -0.25) is 4.79 Å². The third-order valence-corrected chi connectivity index (χ3v) is 3.73. The molecule has 0 aliphatic rings. The average molecular weight is 322 g/mol. The summed E-state index contributed by atoms with van der Waals surface area (Å²) in [5.41, 5.74) is 3.25. The number of carbonyl (C=O) groups excluding carboxylic acids is 1. The molecule has 0 saturated carbocycles. The van der Waals surface area contributed by atoms with Crippen molar-refractivity contribution >= 4 is 5.91 Å². The highest BCUT2D eigenvalue weighted by Gasteiger charge is 2.11. The number of hydrogen-bond donors (Lipinski definition) is 2. The number of benzene rings is 2. The Morgan fingerprint density at radius 1 is 1.17 bits per heavy atom. The molecule has 1 atom stereocenters. The Hall–Kier alpha value is -2.99. The van der Waals surface area contributed by atoms with Gasteiger partial charge in [-0.2, -0.15) is 0 Å². The number of aryl methyl sites for hydroxylation is 1. The molecule has 1 unspecified atom stereocenters. The normalized spacial score (nSPS) is 11.9. The summed E-state index contributed by atoms with van der Waals surface area (Å²) < 4.78 is 1.61. The molecule has 1 heterocycles. The van der Waals surface area contributed by atoms with Crippen LogP contribution in [0.1, 0.15) is 27.6 Å². The van der Waals surface area contributed by atoms with E-state index in [0.717, 1.165) is 16.8 Å². The number of aromatic nitrogens is 3. The summed E-state index contributed by atoms with van der Waals surface area (Å²) in [7, 11) is 0. The summed E-state index contributed by atoms with van der Waals surface area (Å²) in [6.07, 6.45) is 2.59. The van der Waals surface area contributed by atoms with Crippen LogP contribution in [0.25, 0.3) is 5.69 Å². The van der Waals surface area contributed by atoms with E-state index in [9.17, 15) is 9.90 Å². The van der Waals surface area contributed by atoms with Crippen molar-refractivity contribution in [2.24, 2.45) is 0 Å². The van der Waals surface area contributed by atoms with Gasteiger partial charge < -0.3 is 10.4 Å². The first-order valence-electron chi connectivity index (χ1n) is 7.63. The van der Waals surface area contributed by atoms with Crippen LogP contribution >= 0.6 is 0 Å². The molecule has 6 heteroatoms. The van der Waals surface area contributed by atoms with Gasteiger partial charge in [0.2, 0.25) is 0 Å². The molecule has 3 rings (SSSR count). The van der Waals surface area contributed by atoms with Crippen molar-refractivity contribution in [1.82, 2.24) is 20.3 Å². The van der Waals surface area contributed by atoms with Gasteiger partial charge in [-0.25, -0.2) is 4.68 Å². The van der Waals surface area contributed by atoms with Crippen LogP contribution in [0.15, 0.2) is 60.9 Å². The van der Waals surface area contributed by atoms with Gasteiger partial charge in [-0.05, 0) is 36.8 Å². The first kappa shape index (κ1) is 15.9. The summed E-state index contributed by atoms with van der Waals surface area (Å²) in [4.78, 5) is 12.2. The third kappa shape index (κ3) is 3.67. The topological polar surface area (TPSA) is 80.0 Å². The lowest BCUT2D eigenvalue weighted by atomic mass is 10.1. The Labute approximate surface area is 139 Å². The van der Waals surface area contributed by atoms with E-state index in [-0.39, 0.29) is 12.5 Å². The van der Waals surface area contributed by atoms with Crippen LogP contribution in [0.3, 0.4) is 0 Å². The van der Waals surface area contributed by atoms with E-state index in [1.54, 1.807) is 41.3 Å². The average Bonchev–Trinajstić information content (AvgIpc) is 3.15. The third-order valence-electron chi connectivity index (χ3n) is 3.73. The highest BCUT2D eigenvalue weighted by atomic mass is 16.3. The Balaban J connectivity index is 1.59. The van der Waals surface area contributed by atoms with Gasteiger partial charge in [0.25, 0.3) is 5.91 Å². The van der Waals surface area contributed by atoms with Gasteiger partial charge in [0.1, 0.15) is 0 Å². The summed E-state index contributed by atoms with van der Waals surface area (Å²) in [5.74, 6) is -0.230. The van der Waals surface area contributed by atoms with Gasteiger partial charge in [0.15, 0.2) is 0 Å². The second-order valence-electron chi connectivity index (χ2n) is 5.53. The smallest absolute Gasteiger partial charge is 0.251 e. The van der Waals surface area contributed by atoms with E-state index in [1.807, 2.05) is 31.2 Å². The number of nitrogens with one attached hydrogen (secondary N) is 1. The lowest BCUT2D eigenvalue weighted by Crippen LogP contribution is -2.28. The molecule has 0 saturated heterocycles. The molecule has 0 spiro atoms. The van der Waals surface area contributed by atoms with Crippen molar-refractivity contribution in [2.75, 3.05) is 6.54 Å². The van der Waals surface area contributed by atoms with Crippen LogP contribution < -0.4 is 5.32 Å². The molecule has 24 heavy (non-hydrogen) atoms. The molecule has 3 aromatic rings. The lowest BCUT2D eigenvalue weighted by molar-refractivity contribution is 0.0916. The second kappa shape index (κ2) is 7.06. The lowest BCUT2D eigenvalue weighted by Gasteiger charge is -2.13. The van der Waals surface area contributed by atoms with E-state index < -0.39 is 6.10 Å². The maximum Gasteiger partial charge on any atom is 0.251 e. The standard InChI is InChI=1S/C18H18N4O2/c1-13-2-4-14(5-3-13)17(23)12-19-18(24)15-6-8-16(9-7-15)22-11-10-20-21-22/h2-11,17,23H,12H2,1H3,(H,19,24). The Morgan fingerprint density at radius 3 is 2.50 bits per heavy atom. The molecule has 0 aliphatic carbocycles. The number of aliphatic hydroxyl groups is 1. The maximum atomic E-state index is 12.2. The van der Waals surface area contributed by atoms with E-state index in [4.69, 9.17) is 0 Å². The first-order valence-corrected chi connectivity index (χ1v) is 7.63. The van der Waals surface area contributed by atoms with Gasteiger partial charge >= 0.3 is 0 Å². The molecule has 0 radical (unpaired) electrons. The zero-order chi connectivity index (χ0) is 16.9. The molecular formula is C18H18N4O2. The minimum Gasteiger partial charge on any atom is -0.387 e. The molecule has 2 N–H and O–H groups in total. The van der Waals surface area contributed by atoms with Gasteiger partial charge in [-0.15, -0.1) is 5.10 Å². The van der Waals surface area contributed by atoms with Crippen LogP contribution in [0, 0.1) is 6.92 Å². The molecule has 1 aromatic heterocycles. The zero-order valence-electron chi connectivity index (χ0n) is 13.3. The molecule has 0 aliphatic heterocycles. The number of carbonyl (C=O) groups is 1. The van der Waals surface area contributed by atoms with Crippen molar-refractivity contribution in [2.45, 2.75) is 13.0 Å². The van der Waals surface area contributed by atoms with Gasteiger partial charge in [-0.1, -0.05) is 35.0 Å². The molecule has 2 aromatic carbocycles. The molecule has 0 fully saturated rings. The number of aliphatic hydroxyl groups excluding tert-OH is 1. The van der Waals surface area contributed by atoms with Crippen LogP contribution in [0.2, 0.25) is 0 Å². The summed E-state index contributed by atoms with van der Waals surface area (Å²) >= 11 is 0. The SMILES string of the molecule is Cc1ccc(C(O)CNC(=O)c2ccc(-n3ccnn3)cc2)cc1. The maximum absolute atomic E-state index is 12.2. The zero-order valence-corrected chi connectivity index (χ0v) is 13.3. The molecule has 0 bridgehead atoms. The van der Waals surface area contributed by atoms with Crippen molar-refractivity contribution in [3.05, 3.63) is 77.6 Å². The minimum absolute atomic E-state index is 0.159. The van der Waals surface area contributed by atoms with Gasteiger partial charge in [0.05, 0.1) is 24.2 Å². The van der Waals surface area contributed by atoms with Crippen LogP contribution in [-0.4, -0.2) is 32.6 Å². The number of rotatable bonds is 5. The first-order chi connectivity index (χ1) is 11.6. The largest absolute Gasteiger partial charge is 0.387 e. The fraction of sp³-hybridized carbons (Fsp3) is 0.167. The summed E-state index contributed by atoms with van der Waals surface area (Å²) in [5, 5.41) is 20.5. The van der Waals surface area contributed by atoms with Crippen molar-refractivity contribution < 1.29 is 9.90 Å². The van der Waals surface area contributed by atoms with Crippen LogP contribution in [0.4, 0.5) is 0 Å². The van der Waals surface area contributed by atoms with Crippen LogP contribution in [-0.2, 0) is 0 Å². The fourth-order valence-electron chi connectivity index (χ4n) is 2.31. The van der Waals surface area contributed by atoms with Crippen molar-refractivity contribution in [3.63, 3.8) is 0 Å². The highest BCUT2D eigenvalue weighted by molar-refractivity contribution is 5.94. The van der Waals surface area contributed by atoms with E-state index in [0.29, 0.717) is 5.56 Å². The van der Waals surface area contributed by atoms with Crippen molar-refractivity contribution in [3.8, 4) is 5.69 Å².